The number of amides is 1. The summed E-state index contributed by atoms with van der Waals surface area (Å²) in [4.78, 5) is 13.1. The van der Waals surface area contributed by atoms with E-state index in [1.54, 1.807) is 15.5 Å². The molecule has 538 valence electrons. The van der Waals surface area contributed by atoms with Gasteiger partial charge in [0.25, 0.3) is 0 Å². The number of primary amides is 1. The van der Waals surface area contributed by atoms with Crippen molar-refractivity contribution in [2.75, 3.05) is 58.3 Å². The number of sulfonamides is 2. The number of rotatable bonds is 4. The van der Waals surface area contributed by atoms with Crippen LogP contribution in [-0.4, -0.2) is 94.6 Å². The van der Waals surface area contributed by atoms with Crippen LogP contribution in [0.4, 0.5) is 0 Å². The van der Waals surface area contributed by atoms with Crippen molar-refractivity contribution >= 4 is 26.0 Å². The van der Waals surface area contributed by atoms with Crippen LogP contribution in [-0.2, 0) is 24.8 Å². The lowest BCUT2D eigenvalue weighted by Gasteiger charge is -2.40. The van der Waals surface area contributed by atoms with Crippen LogP contribution < -0.4 is 5.73 Å². The van der Waals surface area contributed by atoms with E-state index in [-0.39, 0.29) is 38.7 Å². The summed E-state index contributed by atoms with van der Waals surface area (Å²) in [5.41, 5.74) is 6.30. The second-order valence-corrected chi connectivity index (χ2v) is 36.1. The van der Waals surface area contributed by atoms with E-state index >= 15 is 0 Å². The van der Waals surface area contributed by atoms with Crippen LogP contribution in [0, 0.1) is 136 Å². The van der Waals surface area contributed by atoms with Crippen molar-refractivity contribution in [2.45, 2.75) is 310 Å². The first-order chi connectivity index (χ1) is 41.7. The fraction of sp³-hybridized carbons (Fsp3) is 0.934. The molecule has 3 heterocycles. The van der Waals surface area contributed by atoms with Crippen molar-refractivity contribution in [1.29, 1.82) is 21.0 Å². The quantitative estimate of drug-likeness (QED) is 0.281. The van der Waals surface area contributed by atoms with Crippen LogP contribution in [0.2, 0.25) is 0 Å². The molecular formula is C76H152N8O5S2. The molecule has 13 nitrogen and oxygen atoms in total. The maximum absolute atomic E-state index is 11.6. The Hall–Kier alpha value is -2.79. The molecule has 0 unspecified atom stereocenters. The molecule has 3 aliphatic heterocycles. The molecule has 1 amide bonds. The topological polar surface area (TPSA) is 216 Å². The molecule has 5 aliphatic carbocycles. The minimum absolute atomic E-state index is 0.0411. The third-order valence-electron chi connectivity index (χ3n) is 19.2. The molecule has 0 aromatic carbocycles. The largest absolute Gasteiger partial charge is 0.369 e. The van der Waals surface area contributed by atoms with E-state index in [9.17, 15) is 21.6 Å². The number of piperidine rings is 3. The standard InChI is InChI=1S/C11H23NO2S.C10H21NO2S.C10H21N.C7H13NO.4C7H11N.5C2H6/c1-5-15(13,14)12-8-6-10(7-9-12)11(2,3)4;1-10(2,3)9-5-7-11(8-6-9)14(4,12)13;1-10(2,3)9-5-7-11(4)8-6-9;1-5-3-7(2,4-5)6(8)9;4*1-6-3-7(2,4-6)5-8;5*1-2/h10H,5-9H2,1-4H3;9H,5-8H2,1-4H3;9H,5-8H2,1-4H3;5H,3-4H2,1-2H3,(H2,8,9);4*6H,3-4H2,1-2H3;5*1-2H3. The lowest BCUT2D eigenvalue weighted by molar-refractivity contribution is -0.133. The molecule has 3 saturated heterocycles. The van der Waals surface area contributed by atoms with Crippen molar-refractivity contribution in [3.05, 3.63) is 0 Å². The number of nitriles is 4. The van der Waals surface area contributed by atoms with Gasteiger partial charge in [0.1, 0.15) is 0 Å². The molecule has 0 radical (unpaired) electrons. The summed E-state index contributed by atoms with van der Waals surface area (Å²) in [6.07, 6.45) is 18.8. The lowest BCUT2D eigenvalue weighted by atomic mass is 9.63. The van der Waals surface area contributed by atoms with E-state index in [1.807, 2.05) is 104 Å². The second kappa shape index (κ2) is 44.9. The summed E-state index contributed by atoms with van der Waals surface area (Å²) in [7, 11) is -3.70. The van der Waals surface area contributed by atoms with E-state index in [0.29, 0.717) is 60.2 Å². The lowest BCUT2D eigenvalue weighted by Crippen LogP contribution is -2.44. The van der Waals surface area contributed by atoms with Crippen LogP contribution in [0.5, 0.6) is 0 Å². The highest BCUT2D eigenvalue weighted by atomic mass is 32.2. The molecule has 8 rings (SSSR count). The first kappa shape index (κ1) is 96.9. The van der Waals surface area contributed by atoms with Gasteiger partial charge in [0.15, 0.2) is 0 Å². The molecule has 0 spiro atoms. The van der Waals surface area contributed by atoms with E-state index in [0.717, 1.165) is 119 Å². The third kappa shape index (κ3) is 38.5. The molecule has 0 aromatic rings. The van der Waals surface area contributed by atoms with Crippen LogP contribution >= 0.6 is 0 Å². The minimum atomic E-state index is -2.96. The zero-order chi connectivity index (χ0) is 73.0. The fourth-order valence-electron chi connectivity index (χ4n) is 14.1. The van der Waals surface area contributed by atoms with Crippen molar-refractivity contribution < 1.29 is 21.6 Å². The number of nitrogens with two attached hydrogens (primary N) is 1. The smallest absolute Gasteiger partial charge is 0.223 e. The van der Waals surface area contributed by atoms with E-state index in [2.05, 4.69) is 133 Å². The number of carbonyl (C=O) groups excluding carboxylic acids is 1. The monoisotopic (exact) mass is 1320 g/mol. The van der Waals surface area contributed by atoms with Gasteiger partial charge >= 0.3 is 0 Å². The highest BCUT2D eigenvalue weighted by Gasteiger charge is 2.43. The van der Waals surface area contributed by atoms with Gasteiger partial charge in [-0.1, -0.05) is 173 Å². The molecule has 0 aromatic heterocycles. The predicted molar refractivity (Wildman–Crippen MR) is 392 cm³/mol. The Balaban J connectivity index is -0.000000306. The Morgan fingerprint density at radius 2 is 0.626 bits per heavy atom. The fourth-order valence-corrected chi connectivity index (χ4v) is 16.1. The van der Waals surface area contributed by atoms with Gasteiger partial charge in [-0.25, -0.2) is 25.4 Å². The van der Waals surface area contributed by atoms with Gasteiger partial charge in [-0.3, -0.25) is 4.79 Å². The second-order valence-electron chi connectivity index (χ2n) is 31.9. The summed E-state index contributed by atoms with van der Waals surface area (Å²) < 4.78 is 49.1. The normalized spacial score (nSPS) is 30.2. The number of likely N-dealkylation sites (tertiary alicyclic amines) is 1. The number of carbonyl (C=O) groups is 1. The van der Waals surface area contributed by atoms with Crippen molar-refractivity contribution in [2.24, 2.45) is 96.4 Å². The molecule has 2 N–H and O–H groups in total. The SMILES string of the molecule is CC.CC.CC.CC.CC.CC(C)(C)C1CCN(S(C)(=O)=O)CC1.CC1CC(C)(C#N)C1.CC1CC(C)(C#N)C1.CC1CC(C)(C#N)C1.CC1CC(C)(C#N)C1.CC1CC(C)(C(N)=O)C1.CCS(=O)(=O)N1CCC(C(C)(C)C)CC1.CN1CCC(C(C)(C)C)CC1. The zero-order valence-electron chi connectivity index (χ0n) is 65.9. The first-order valence-electron chi connectivity index (χ1n) is 36.2. The van der Waals surface area contributed by atoms with Gasteiger partial charge in [-0.15, -0.1) is 0 Å². The van der Waals surface area contributed by atoms with Crippen LogP contribution in [0.15, 0.2) is 0 Å². The molecule has 0 atom stereocenters. The Morgan fingerprint density at radius 1 is 0.429 bits per heavy atom. The molecule has 0 bridgehead atoms. The highest BCUT2D eigenvalue weighted by molar-refractivity contribution is 7.89. The van der Waals surface area contributed by atoms with Crippen LogP contribution in [0.1, 0.15) is 310 Å². The Kier molecular flexibility index (Phi) is 47.8. The molecule has 8 fully saturated rings. The van der Waals surface area contributed by atoms with Crippen molar-refractivity contribution in [1.82, 2.24) is 13.5 Å². The number of nitrogens with zero attached hydrogens (tertiary/aromatic N) is 7. The molecule has 91 heavy (non-hydrogen) atoms. The van der Waals surface area contributed by atoms with E-state index in [1.165, 1.54) is 32.2 Å². The molecule has 5 saturated carbocycles. The highest BCUT2D eigenvalue weighted by Crippen LogP contribution is 2.47. The predicted octanol–water partition coefficient (Wildman–Crippen LogP) is 20.0. The van der Waals surface area contributed by atoms with Crippen LogP contribution in [0.25, 0.3) is 0 Å². The zero-order valence-corrected chi connectivity index (χ0v) is 67.6. The first-order valence-corrected chi connectivity index (χ1v) is 39.7. The van der Waals surface area contributed by atoms with E-state index < -0.39 is 20.0 Å². The Labute approximate surface area is 568 Å². The number of hydrogen-bond acceptors (Lipinski definition) is 10. The summed E-state index contributed by atoms with van der Waals surface area (Å²) >= 11 is 0. The van der Waals surface area contributed by atoms with Crippen LogP contribution in [0.3, 0.4) is 0 Å². The Bertz CT molecular complexity index is 2170. The van der Waals surface area contributed by atoms with Crippen molar-refractivity contribution in [3.63, 3.8) is 0 Å². The van der Waals surface area contributed by atoms with Gasteiger partial charge in [-0.2, -0.15) is 21.0 Å². The summed E-state index contributed by atoms with van der Waals surface area (Å²) in [6, 6.07) is 9.23. The van der Waals surface area contributed by atoms with Gasteiger partial charge in [0.05, 0.1) is 57.9 Å². The molecule has 15 heteroatoms. The van der Waals surface area contributed by atoms with Gasteiger partial charge in [-0.05, 0) is 221 Å². The summed E-state index contributed by atoms with van der Waals surface area (Å²) in [5, 5.41) is 34.1. The maximum atomic E-state index is 11.6. The molecule has 8 aliphatic rings. The maximum Gasteiger partial charge on any atom is 0.223 e. The average molecular weight is 1320 g/mol. The average Bonchev–Trinajstić information content (AvgIpc) is 1.85. The van der Waals surface area contributed by atoms with Gasteiger partial charge < -0.3 is 10.6 Å². The minimum Gasteiger partial charge on any atom is -0.369 e. The van der Waals surface area contributed by atoms with Gasteiger partial charge in [0, 0.05) is 31.6 Å². The summed E-state index contributed by atoms with van der Waals surface area (Å²) in [6.45, 7) is 68.6. The Morgan fingerprint density at radius 3 is 0.758 bits per heavy atom. The van der Waals surface area contributed by atoms with E-state index in [4.69, 9.17) is 26.8 Å². The van der Waals surface area contributed by atoms with Gasteiger partial charge in [0.2, 0.25) is 26.0 Å². The van der Waals surface area contributed by atoms with Crippen molar-refractivity contribution in [3.8, 4) is 24.3 Å². The summed E-state index contributed by atoms with van der Waals surface area (Å²) in [5.74, 6) is 6.20. The molecular weight excluding hydrogens is 1170 g/mol. The number of hydrogen-bond donors (Lipinski definition) is 1. The third-order valence-corrected chi connectivity index (χ3v) is 22.4.